The number of piperazine rings is 1. The Balaban J connectivity index is 1.91. The van der Waals surface area contributed by atoms with Gasteiger partial charge in [-0.1, -0.05) is 24.3 Å². The molecule has 3 N–H and O–H groups in total. The zero-order valence-corrected chi connectivity index (χ0v) is 14.1. The van der Waals surface area contributed by atoms with Gasteiger partial charge in [0.25, 0.3) is 5.92 Å². The minimum atomic E-state index is -3.00. The van der Waals surface area contributed by atoms with Gasteiger partial charge in [0, 0.05) is 44.0 Å². The zero-order valence-electron chi connectivity index (χ0n) is 14.1. The number of hydrogen-bond donors (Lipinski definition) is 2. The molecule has 1 heterocycles. The number of phenolic OH excluding ortho intramolecular Hbond substituents is 1. The van der Waals surface area contributed by atoms with E-state index in [0.717, 1.165) is 12.6 Å². The molecule has 3 rings (SSSR count). The monoisotopic (exact) mass is 347 g/mol. The molecule has 1 aliphatic heterocycles. The van der Waals surface area contributed by atoms with E-state index in [1.165, 1.54) is 0 Å². The summed E-state index contributed by atoms with van der Waals surface area (Å²) in [5.41, 5.74) is 7.65. The van der Waals surface area contributed by atoms with Crippen molar-refractivity contribution in [1.29, 1.82) is 0 Å². The molecular formula is C19H23F2N3O. The molecule has 2 atom stereocenters. The fourth-order valence-corrected chi connectivity index (χ4v) is 3.32. The average molecular weight is 347 g/mol. The molecule has 0 aliphatic carbocycles. The van der Waals surface area contributed by atoms with E-state index < -0.39 is 18.0 Å². The minimum absolute atomic E-state index is 0.110. The number of para-hydroxylation sites is 1. The molecule has 0 amide bonds. The third kappa shape index (κ3) is 3.85. The second kappa shape index (κ2) is 6.88. The first kappa shape index (κ1) is 17.5. The Hall–Kier alpha value is -2.34. The van der Waals surface area contributed by atoms with Crippen LogP contribution in [-0.4, -0.2) is 42.7 Å². The molecular weight excluding hydrogens is 324 g/mol. The van der Waals surface area contributed by atoms with Crippen molar-refractivity contribution >= 4 is 11.4 Å². The Kier molecular flexibility index (Phi) is 4.81. The highest BCUT2D eigenvalue weighted by molar-refractivity contribution is 5.55. The molecule has 0 radical (unpaired) electrons. The molecule has 0 saturated carbocycles. The molecule has 25 heavy (non-hydrogen) atoms. The molecule has 2 aromatic carbocycles. The van der Waals surface area contributed by atoms with Crippen LogP contribution in [0.4, 0.5) is 20.2 Å². The molecule has 2 aromatic rings. The maximum atomic E-state index is 14.0. The van der Waals surface area contributed by atoms with Crippen LogP contribution in [-0.2, 0) is 0 Å². The Morgan fingerprint density at radius 3 is 2.40 bits per heavy atom. The van der Waals surface area contributed by atoms with Crippen LogP contribution in [0.25, 0.3) is 0 Å². The summed E-state index contributed by atoms with van der Waals surface area (Å²) in [6.45, 7) is 2.50. The quantitative estimate of drug-likeness (QED) is 0.893. The van der Waals surface area contributed by atoms with Gasteiger partial charge in [-0.3, -0.25) is 0 Å². The van der Waals surface area contributed by atoms with Gasteiger partial charge >= 0.3 is 0 Å². The van der Waals surface area contributed by atoms with Gasteiger partial charge < -0.3 is 20.6 Å². The van der Waals surface area contributed by atoms with Crippen LogP contribution in [0.1, 0.15) is 6.92 Å². The van der Waals surface area contributed by atoms with Gasteiger partial charge in [0.1, 0.15) is 5.75 Å². The molecule has 2 unspecified atom stereocenters. The number of hydrogen-bond acceptors (Lipinski definition) is 4. The summed E-state index contributed by atoms with van der Waals surface area (Å²) in [6.07, 6.45) is 0. The lowest BCUT2D eigenvalue weighted by Crippen LogP contribution is -2.64. The molecule has 6 heteroatoms. The van der Waals surface area contributed by atoms with Crippen LogP contribution in [0.2, 0.25) is 0 Å². The largest absolute Gasteiger partial charge is 0.508 e. The topological polar surface area (TPSA) is 52.7 Å². The zero-order chi connectivity index (χ0) is 18.0. The normalized spacial score (nSPS) is 19.8. The van der Waals surface area contributed by atoms with Gasteiger partial charge in [-0.2, -0.15) is 0 Å². The van der Waals surface area contributed by atoms with Crippen LogP contribution in [0.3, 0.4) is 0 Å². The first-order chi connectivity index (χ1) is 11.9. The van der Waals surface area contributed by atoms with E-state index >= 15 is 0 Å². The van der Waals surface area contributed by atoms with Crippen molar-refractivity contribution in [3.63, 3.8) is 0 Å². The fraction of sp³-hybridized carbons (Fsp3) is 0.368. The van der Waals surface area contributed by atoms with Crippen LogP contribution >= 0.6 is 0 Å². The van der Waals surface area contributed by atoms with Gasteiger partial charge in [-0.25, -0.2) is 8.78 Å². The molecule has 1 saturated heterocycles. The summed E-state index contributed by atoms with van der Waals surface area (Å²) >= 11 is 0. The molecule has 1 aliphatic rings. The summed E-state index contributed by atoms with van der Waals surface area (Å²) in [4.78, 5) is 3.96. The Morgan fingerprint density at radius 2 is 1.76 bits per heavy atom. The van der Waals surface area contributed by atoms with Crippen LogP contribution in [0.15, 0.2) is 54.6 Å². The Morgan fingerprint density at radius 1 is 1.08 bits per heavy atom. The highest BCUT2D eigenvalue weighted by Gasteiger charge is 2.42. The lowest BCUT2D eigenvalue weighted by Gasteiger charge is -2.47. The number of nitrogens with two attached hydrogens (primary N) is 1. The summed E-state index contributed by atoms with van der Waals surface area (Å²) in [6, 6.07) is 14.5. The fourth-order valence-electron chi connectivity index (χ4n) is 3.32. The first-order valence-corrected chi connectivity index (χ1v) is 8.35. The molecule has 0 bridgehead atoms. The van der Waals surface area contributed by atoms with Crippen molar-refractivity contribution in [2.45, 2.75) is 24.9 Å². The second-order valence-electron chi connectivity index (χ2n) is 6.54. The van der Waals surface area contributed by atoms with E-state index in [9.17, 15) is 13.9 Å². The number of aromatic hydroxyl groups is 1. The third-order valence-corrected chi connectivity index (χ3v) is 4.70. The lowest BCUT2D eigenvalue weighted by atomic mass is 9.97. The van der Waals surface area contributed by atoms with Crippen molar-refractivity contribution in [1.82, 2.24) is 0 Å². The number of halogens is 2. The molecule has 0 aromatic heterocycles. The van der Waals surface area contributed by atoms with Crippen molar-refractivity contribution < 1.29 is 13.9 Å². The Labute approximate surface area is 146 Å². The van der Waals surface area contributed by atoms with Crippen LogP contribution in [0, 0.1) is 0 Å². The van der Waals surface area contributed by atoms with Gasteiger partial charge in [-0.15, -0.1) is 0 Å². The minimum Gasteiger partial charge on any atom is -0.508 e. The summed E-state index contributed by atoms with van der Waals surface area (Å²) in [5, 5.41) is 9.74. The van der Waals surface area contributed by atoms with E-state index in [-0.39, 0.29) is 5.75 Å². The molecule has 0 spiro atoms. The highest BCUT2D eigenvalue weighted by Crippen LogP contribution is 2.31. The number of anilines is 2. The average Bonchev–Trinajstić information content (AvgIpc) is 2.60. The van der Waals surface area contributed by atoms with Crippen molar-refractivity contribution in [2.24, 2.45) is 5.73 Å². The van der Waals surface area contributed by atoms with E-state index in [1.807, 2.05) is 41.3 Å². The SMILES string of the molecule is CC(F)(F)C(N)C1CN(c2ccccc2)CCN1c1cccc(O)c1. The number of rotatable bonds is 4. The number of benzene rings is 2. The van der Waals surface area contributed by atoms with Gasteiger partial charge in [0.2, 0.25) is 0 Å². The van der Waals surface area contributed by atoms with Crippen LogP contribution in [0.5, 0.6) is 5.75 Å². The van der Waals surface area contributed by atoms with Crippen molar-refractivity contribution in [3.8, 4) is 5.75 Å². The van der Waals surface area contributed by atoms with Crippen molar-refractivity contribution in [2.75, 3.05) is 29.4 Å². The molecule has 4 nitrogen and oxygen atoms in total. The maximum Gasteiger partial charge on any atom is 0.262 e. The molecule has 134 valence electrons. The second-order valence-corrected chi connectivity index (χ2v) is 6.54. The summed E-state index contributed by atoms with van der Waals surface area (Å²) in [5.74, 6) is -2.89. The van der Waals surface area contributed by atoms with Crippen LogP contribution < -0.4 is 15.5 Å². The van der Waals surface area contributed by atoms with Gasteiger partial charge in [-0.05, 0) is 24.3 Å². The van der Waals surface area contributed by atoms with E-state index in [2.05, 4.69) is 4.90 Å². The Bertz CT molecular complexity index is 705. The van der Waals surface area contributed by atoms with E-state index in [4.69, 9.17) is 5.73 Å². The summed E-state index contributed by atoms with van der Waals surface area (Å²) < 4.78 is 28.0. The highest BCUT2D eigenvalue weighted by atomic mass is 19.3. The van der Waals surface area contributed by atoms with Crippen molar-refractivity contribution in [3.05, 3.63) is 54.6 Å². The maximum absolute atomic E-state index is 14.0. The standard InChI is InChI=1S/C19H23F2N3O/c1-19(20,21)18(22)17-13-23(14-6-3-2-4-7-14)10-11-24(17)15-8-5-9-16(25)12-15/h2-9,12,17-18,25H,10-11,13,22H2,1H3. The number of alkyl halides is 2. The molecule has 1 fully saturated rings. The van der Waals surface area contributed by atoms with E-state index in [0.29, 0.717) is 25.3 Å². The van der Waals surface area contributed by atoms with E-state index in [1.54, 1.807) is 18.2 Å². The lowest BCUT2D eigenvalue weighted by molar-refractivity contribution is -0.0140. The smallest absolute Gasteiger partial charge is 0.262 e. The summed E-state index contributed by atoms with van der Waals surface area (Å²) in [7, 11) is 0. The third-order valence-electron chi connectivity index (χ3n) is 4.70. The number of phenols is 1. The van der Waals surface area contributed by atoms with Gasteiger partial charge in [0.05, 0.1) is 12.1 Å². The van der Waals surface area contributed by atoms with Gasteiger partial charge in [0.15, 0.2) is 0 Å². The predicted octanol–water partition coefficient (Wildman–Crippen LogP) is 3.07. The predicted molar refractivity (Wildman–Crippen MR) is 96.5 cm³/mol. The first-order valence-electron chi connectivity index (χ1n) is 8.35. The number of nitrogens with zero attached hydrogens (tertiary/aromatic N) is 2.